The van der Waals surface area contributed by atoms with E-state index in [1.54, 1.807) is 0 Å². The number of nitro groups is 1. The van der Waals surface area contributed by atoms with Crippen molar-refractivity contribution in [2.45, 2.75) is 17.7 Å². The number of rotatable bonds is 7. The van der Waals surface area contributed by atoms with Crippen LogP contribution in [0.4, 0.5) is 5.82 Å². The minimum Gasteiger partial charge on any atom is -0.396 e. The van der Waals surface area contributed by atoms with E-state index >= 15 is 0 Å². The van der Waals surface area contributed by atoms with Crippen molar-refractivity contribution in [3.05, 3.63) is 28.4 Å². The smallest absolute Gasteiger partial charge is 0.363 e. The molecule has 0 amide bonds. The Morgan fingerprint density at radius 1 is 1.39 bits per heavy atom. The van der Waals surface area contributed by atoms with E-state index in [1.807, 2.05) is 0 Å². The highest BCUT2D eigenvalue weighted by Crippen LogP contribution is 2.11. The molecule has 18 heavy (non-hydrogen) atoms. The maximum absolute atomic E-state index is 11.7. The van der Waals surface area contributed by atoms with E-state index in [1.165, 1.54) is 0 Å². The Labute approximate surface area is 104 Å². The normalized spacial score (nSPS) is 11.4. The van der Waals surface area contributed by atoms with Gasteiger partial charge in [-0.15, -0.1) is 0 Å². The van der Waals surface area contributed by atoms with Gasteiger partial charge < -0.3 is 15.2 Å². The van der Waals surface area contributed by atoms with Crippen LogP contribution in [0.2, 0.25) is 0 Å². The lowest BCUT2D eigenvalue weighted by atomic mass is 10.3. The Bertz CT molecular complexity index is 499. The highest BCUT2D eigenvalue weighted by molar-refractivity contribution is 7.89. The second-order valence-electron chi connectivity index (χ2n) is 3.44. The molecule has 0 saturated carbocycles. The standard InChI is InChI=1S/C9H13N3O5S/c13-6-2-1-5-11-18(16,17)8-3-4-9(10-7-8)12(14)15/h3-4,7,11,13H,1-2,5-6H2. The predicted molar refractivity (Wildman–Crippen MR) is 62.4 cm³/mol. The molecular weight excluding hydrogens is 262 g/mol. The maximum Gasteiger partial charge on any atom is 0.363 e. The van der Waals surface area contributed by atoms with Gasteiger partial charge in [-0.3, -0.25) is 0 Å². The van der Waals surface area contributed by atoms with E-state index in [0.29, 0.717) is 12.8 Å². The van der Waals surface area contributed by atoms with Gasteiger partial charge in [0.1, 0.15) is 4.90 Å². The number of aliphatic hydroxyl groups excluding tert-OH is 1. The van der Waals surface area contributed by atoms with Crippen molar-refractivity contribution in [1.29, 1.82) is 0 Å². The summed E-state index contributed by atoms with van der Waals surface area (Å²) in [5.74, 6) is -0.408. The maximum atomic E-state index is 11.7. The number of nitrogens with one attached hydrogen (secondary N) is 1. The molecule has 1 rings (SSSR count). The zero-order valence-electron chi connectivity index (χ0n) is 9.44. The zero-order chi connectivity index (χ0) is 13.6. The Kier molecular flexibility index (Phi) is 5.13. The quantitative estimate of drug-likeness (QED) is 0.411. The lowest BCUT2D eigenvalue weighted by Gasteiger charge is -2.04. The molecule has 1 aromatic rings. The second-order valence-corrected chi connectivity index (χ2v) is 5.20. The highest BCUT2D eigenvalue weighted by atomic mass is 32.2. The molecule has 0 spiro atoms. The number of aliphatic hydroxyl groups is 1. The lowest BCUT2D eigenvalue weighted by molar-refractivity contribution is -0.389. The number of sulfonamides is 1. The number of pyridine rings is 1. The van der Waals surface area contributed by atoms with Crippen molar-refractivity contribution in [2.24, 2.45) is 0 Å². The van der Waals surface area contributed by atoms with E-state index in [0.717, 1.165) is 18.3 Å². The Morgan fingerprint density at radius 2 is 2.11 bits per heavy atom. The highest BCUT2D eigenvalue weighted by Gasteiger charge is 2.17. The van der Waals surface area contributed by atoms with Gasteiger partial charge in [-0.2, -0.15) is 0 Å². The van der Waals surface area contributed by atoms with E-state index in [9.17, 15) is 18.5 Å². The fourth-order valence-electron chi connectivity index (χ4n) is 1.17. The number of aromatic nitrogens is 1. The summed E-state index contributed by atoms with van der Waals surface area (Å²) in [5, 5.41) is 18.9. The van der Waals surface area contributed by atoms with E-state index in [-0.39, 0.29) is 18.0 Å². The molecule has 2 N–H and O–H groups in total. The van der Waals surface area contributed by atoms with Crippen LogP contribution in [0.5, 0.6) is 0 Å². The van der Waals surface area contributed by atoms with Gasteiger partial charge in [-0.05, 0) is 28.8 Å². The molecule has 1 aromatic heterocycles. The first-order valence-corrected chi connectivity index (χ1v) is 6.66. The minimum absolute atomic E-state index is 0.000808. The lowest BCUT2D eigenvalue weighted by Crippen LogP contribution is -2.25. The second kappa shape index (κ2) is 6.38. The average molecular weight is 275 g/mol. The molecule has 0 aliphatic carbocycles. The summed E-state index contributed by atoms with van der Waals surface area (Å²) in [7, 11) is -3.70. The third-order valence-corrected chi connectivity index (χ3v) is 3.54. The van der Waals surface area contributed by atoms with Crippen LogP contribution in [0.15, 0.2) is 23.2 Å². The molecule has 0 aromatic carbocycles. The van der Waals surface area contributed by atoms with Crippen LogP contribution in [0.25, 0.3) is 0 Å². The molecule has 0 unspecified atom stereocenters. The average Bonchev–Trinajstić information content (AvgIpc) is 2.35. The molecule has 0 aliphatic rings. The zero-order valence-corrected chi connectivity index (χ0v) is 10.3. The molecule has 1 heterocycles. The summed E-state index contributed by atoms with van der Waals surface area (Å²) in [5.41, 5.74) is 0. The van der Waals surface area contributed by atoms with Crippen LogP contribution >= 0.6 is 0 Å². The largest absolute Gasteiger partial charge is 0.396 e. The number of nitrogens with zero attached hydrogens (tertiary/aromatic N) is 2. The van der Waals surface area contributed by atoms with Gasteiger partial charge in [0.15, 0.2) is 6.20 Å². The molecule has 9 heteroatoms. The van der Waals surface area contributed by atoms with Crippen molar-refractivity contribution in [1.82, 2.24) is 9.71 Å². The first-order valence-electron chi connectivity index (χ1n) is 5.18. The fraction of sp³-hybridized carbons (Fsp3) is 0.444. The van der Waals surface area contributed by atoms with Gasteiger partial charge in [0.25, 0.3) is 0 Å². The number of unbranched alkanes of at least 4 members (excludes halogenated alkanes) is 1. The molecule has 0 radical (unpaired) electrons. The molecule has 100 valence electrons. The van der Waals surface area contributed by atoms with E-state index < -0.39 is 20.8 Å². The third-order valence-electron chi connectivity index (χ3n) is 2.10. The Morgan fingerprint density at radius 3 is 2.61 bits per heavy atom. The van der Waals surface area contributed by atoms with Crippen molar-refractivity contribution in [3.63, 3.8) is 0 Å². The van der Waals surface area contributed by atoms with Crippen LogP contribution in [0, 0.1) is 10.1 Å². The van der Waals surface area contributed by atoms with Gasteiger partial charge in [0.2, 0.25) is 10.0 Å². The molecular formula is C9H13N3O5S. The molecule has 0 saturated heterocycles. The third kappa shape index (κ3) is 4.02. The SMILES string of the molecule is O=[N+]([O-])c1ccc(S(=O)(=O)NCCCCO)cn1. The summed E-state index contributed by atoms with van der Waals surface area (Å²) >= 11 is 0. The monoisotopic (exact) mass is 275 g/mol. The van der Waals surface area contributed by atoms with Gasteiger partial charge in [-0.25, -0.2) is 13.1 Å². The van der Waals surface area contributed by atoms with E-state index in [4.69, 9.17) is 5.11 Å². The first-order chi connectivity index (χ1) is 8.47. The summed E-state index contributed by atoms with van der Waals surface area (Å²) in [6, 6.07) is 2.15. The minimum atomic E-state index is -3.70. The van der Waals surface area contributed by atoms with Gasteiger partial charge >= 0.3 is 5.82 Å². The summed E-state index contributed by atoms with van der Waals surface area (Å²) in [4.78, 5) is 13.0. The molecule has 0 atom stereocenters. The predicted octanol–water partition coefficient (Wildman–Crippen LogP) is 0.0406. The van der Waals surface area contributed by atoms with Crippen LogP contribution in [0.1, 0.15) is 12.8 Å². The van der Waals surface area contributed by atoms with Gasteiger partial charge in [0.05, 0.1) is 0 Å². The first kappa shape index (κ1) is 14.5. The fourth-order valence-corrected chi connectivity index (χ4v) is 2.18. The van der Waals surface area contributed by atoms with Gasteiger partial charge in [0, 0.05) is 19.2 Å². The Hall–Kier alpha value is -1.58. The summed E-state index contributed by atoms with van der Waals surface area (Å²) in [6.45, 7) is 0.195. The van der Waals surface area contributed by atoms with Crippen LogP contribution in [-0.2, 0) is 10.0 Å². The molecule has 0 aliphatic heterocycles. The van der Waals surface area contributed by atoms with Gasteiger partial charge in [-0.1, -0.05) is 0 Å². The van der Waals surface area contributed by atoms with Crippen molar-refractivity contribution >= 4 is 15.8 Å². The molecule has 8 nitrogen and oxygen atoms in total. The summed E-state index contributed by atoms with van der Waals surface area (Å²) < 4.78 is 25.7. The van der Waals surface area contributed by atoms with Crippen molar-refractivity contribution < 1.29 is 18.4 Å². The van der Waals surface area contributed by atoms with Crippen molar-refractivity contribution in [2.75, 3.05) is 13.2 Å². The number of hydrogen-bond donors (Lipinski definition) is 2. The van der Waals surface area contributed by atoms with Crippen molar-refractivity contribution in [3.8, 4) is 0 Å². The van der Waals surface area contributed by atoms with Crippen LogP contribution in [-0.4, -0.2) is 36.6 Å². The molecule has 0 fully saturated rings. The Balaban J connectivity index is 2.70. The summed E-state index contributed by atoms with van der Waals surface area (Å²) in [6.07, 6.45) is 1.95. The van der Waals surface area contributed by atoms with E-state index in [2.05, 4.69) is 9.71 Å². The molecule has 0 bridgehead atoms. The topological polar surface area (TPSA) is 122 Å². The number of hydrogen-bond acceptors (Lipinski definition) is 6. The van der Waals surface area contributed by atoms with Crippen LogP contribution < -0.4 is 4.72 Å². The van der Waals surface area contributed by atoms with Crippen LogP contribution in [0.3, 0.4) is 0 Å².